The second-order valence-electron chi connectivity index (χ2n) is 4.70. The highest BCUT2D eigenvalue weighted by atomic mass is 16.5. The van der Waals surface area contributed by atoms with Gasteiger partial charge < -0.3 is 9.84 Å². The zero-order valence-electron chi connectivity index (χ0n) is 11.2. The molecule has 1 aliphatic heterocycles. The molecule has 1 atom stereocenters. The number of nitrogens with zero attached hydrogens (tertiary/aromatic N) is 4. The van der Waals surface area contributed by atoms with Gasteiger partial charge >= 0.3 is 5.97 Å². The Balaban J connectivity index is 1.79. The first-order chi connectivity index (χ1) is 9.19. The standard InChI is InChI=1S/C12H20N4O3/c1-2-15(8-10-4-3-7-19-10)5-6-16-9-11(12(17)18)13-14-16/h9-10H,2-8H2,1H3,(H,17,18). The predicted molar refractivity (Wildman–Crippen MR) is 68.1 cm³/mol. The lowest BCUT2D eigenvalue weighted by Gasteiger charge is -2.23. The van der Waals surface area contributed by atoms with E-state index < -0.39 is 5.97 Å². The van der Waals surface area contributed by atoms with E-state index in [1.165, 1.54) is 6.20 Å². The Hall–Kier alpha value is -1.47. The van der Waals surface area contributed by atoms with Crippen molar-refractivity contribution in [3.63, 3.8) is 0 Å². The predicted octanol–water partition coefficient (Wildman–Crippen LogP) is 0.477. The number of rotatable bonds is 7. The molecule has 19 heavy (non-hydrogen) atoms. The summed E-state index contributed by atoms with van der Waals surface area (Å²) < 4.78 is 7.19. The number of carboxylic acids is 1. The van der Waals surface area contributed by atoms with Gasteiger partial charge in [-0.15, -0.1) is 5.10 Å². The Morgan fingerprint density at radius 1 is 1.68 bits per heavy atom. The molecule has 0 radical (unpaired) electrons. The molecule has 1 unspecified atom stereocenters. The molecular formula is C12H20N4O3. The Morgan fingerprint density at radius 2 is 2.53 bits per heavy atom. The van der Waals surface area contributed by atoms with E-state index >= 15 is 0 Å². The van der Waals surface area contributed by atoms with Gasteiger partial charge in [0.1, 0.15) is 0 Å². The van der Waals surface area contributed by atoms with Crippen molar-refractivity contribution in [1.82, 2.24) is 19.9 Å². The van der Waals surface area contributed by atoms with Gasteiger partial charge in [0, 0.05) is 19.7 Å². The molecule has 1 aromatic heterocycles. The first-order valence-electron chi connectivity index (χ1n) is 6.66. The molecule has 1 aromatic rings. The number of carboxylic acid groups (broad SMARTS) is 1. The van der Waals surface area contributed by atoms with Crippen molar-refractivity contribution >= 4 is 5.97 Å². The summed E-state index contributed by atoms with van der Waals surface area (Å²) in [5.41, 5.74) is -0.0119. The van der Waals surface area contributed by atoms with Gasteiger partial charge in [-0.05, 0) is 19.4 Å². The molecule has 0 amide bonds. The van der Waals surface area contributed by atoms with E-state index in [9.17, 15) is 4.79 Å². The van der Waals surface area contributed by atoms with Gasteiger partial charge in [0.05, 0.1) is 18.8 Å². The molecule has 0 aromatic carbocycles. The first-order valence-corrected chi connectivity index (χ1v) is 6.66. The second kappa shape index (κ2) is 6.63. The Kier molecular flexibility index (Phi) is 4.86. The normalized spacial score (nSPS) is 19.2. The second-order valence-corrected chi connectivity index (χ2v) is 4.70. The van der Waals surface area contributed by atoms with Crippen LogP contribution in [0.1, 0.15) is 30.3 Å². The molecule has 0 spiro atoms. The third-order valence-electron chi connectivity index (χ3n) is 3.34. The van der Waals surface area contributed by atoms with Crippen molar-refractivity contribution < 1.29 is 14.6 Å². The van der Waals surface area contributed by atoms with Crippen LogP contribution in [0.2, 0.25) is 0 Å². The fraction of sp³-hybridized carbons (Fsp3) is 0.750. The maximum Gasteiger partial charge on any atom is 0.358 e. The number of carbonyl (C=O) groups is 1. The van der Waals surface area contributed by atoms with Gasteiger partial charge in [-0.25, -0.2) is 4.79 Å². The Bertz CT molecular complexity index is 415. The van der Waals surface area contributed by atoms with Crippen molar-refractivity contribution in [3.8, 4) is 0 Å². The van der Waals surface area contributed by atoms with Gasteiger partial charge in [0.2, 0.25) is 0 Å². The van der Waals surface area contributed by atoms with Crippen molar-refractivity contribution in [2.75, 3.05) is 26.2 Å². The molecule has 1 N–H and O–H groups in total. The maximum absolute atomic E-state index is 10.7. The SMILES string of the molecule is CCN(CCn1cc(C(=O)O)nn1)CC1CCCO1. The first kappa shape index (κ1) is 14.0. The van der Waals surface area contributed by atoms with E-state index in [4.69, 9.17) is 9.84 Å². The number of aromatic nitrogens is 3. The van der Waals surface area contributed by atoms with Crippen LogP contribution in [0.25, 0.3) is 0 Å². The highest BCUT2D eigenvalue weighted by molar-refractivity contribution is 5.84. The summed E-state index contributed by atoms with van der Waals surface area (Å²) in [5, 5.41) is 16.2. The molecule has 1 fully saturated rings. The average molecular weight is 268 g/mol. The Morgan fingerprint density at radius 3 is 3.11 bits per heavy atom. The van der Waals surface area contributed by atoms with E-state index in [-0.39, 0.29) is 5.69 Å². The van der Waals surface area contributed by atoms with E-state index in [0.717, 1.165) is 39.1 Å². The Labute approximate surface area is 112 Å². The van der Waals surface area contributed by atoms with Gasteiger partial charge in [-0.2, -0.15) is 0 Å². The number of ether oxygens (including phenoxy) is 1. The van der Waals surface area contributed by atoms with Gasteiger partial charge in [0.25, 0.3) is 0 Å². The molecule has 7 heteroatoms. The summed E-state index contributed by atoms with van der Waals surface area (Å²) in [4.78, 5) is 13.0. The summed E-state index contributed by atoms with van der Waals surface area (Å²) in [6.45, 7) is 6.31. The van der Waals surface area contributed by atoms with Crippen LogP contribution in [-0.2, 0) is 11.3 Å². The smallest absolute Gasteiger partial charge is 0.358 e. The van der Waals surface area contributed by atoms with E-state index in [1.807, 2.05) is 0 Å². The quantitative estimate of drug-likeness (QED) is 0.774. The molecule has 0 aliphatic carbocycles. The van der Waals surface area contributed by atoms with Gasteiger partial charge in [-0.3, -0.25) is 9.58 Å². The average Bonchev–Trinajstić information content (AvgIpc) is 3.05. The van der Waals surface area contributed by atoms with Crippen molar-refractivity contribution in [2.45, 2.75) is 32.4 Å². The lowest BCUT2D eigenvalue weighted by molar-refractivity contribution is 0.0690. The van der Waals surface area contributed by atoms with Gasteiger partial charge in [-0.1, -0.05) is 12.1 Å². The van der Waals surface area contributed by atoms with Crippen LogP contribution in [0.3, 0.4) is 0 Å². The number of likely N-dealkylation sites (N-methyl/N-ethyl adjacent to an activating group) is 1. The molecule has 0 bridgehead atoms. The summed E-state index contributed by atoms with van der Waals surface area (Å²) in [6, 6.07) is 0. The maximum atomic E-state index is 10.7. The minimum atomic E-state index is -1.04. The number of hydrogen-bond donors (Lipinski definition) is 1. The van der Waals surface area contributed by atoms with Crippen LogP contribution < -0.4 is 0 Å². The van der Waals surface area contributed by atoms with Crippen LogP contribution in [0, 0.1) is 0 Å². The van der Waals surface area contributed by atoms with Gasteiger partial charge in [0.15, 0.2) is 5.69 Å². The molecule has 2 rings (SSSR count). The molecule has 2 heterocycles. The third kappa shape index (κ3) is 4.00. The molecule has 0 saturated carbocycles. The van der Waals surface area contributed by atoms with E-state index in [0.29, 0.717) is 12.6 Å². The fourth-order valence-corrected chi connectivity index (χ4v) is 2.20. The zero-order chi connectivity index (χ0) is 13.7. The minimum Gasteiger partial charge on any atom is -0.476 e. The molecule has 106 valence electrons. The summed E-state index contributed by atoms with van der Waals surface area (Å²) in [6.07, 6.45) is 4.07. The van der Waals surface area contributed by atoms with Crippen LogP contribution in [0.15, 0.2) is 6.20 Å². The molecule has 1 saturated heterocycles. The topological polar surface area (TPSA) is 80.5 Å². The van der Waals surface area contributed by atoms with Crippen LogP contribution in [0.4, 0.5) is 0 Å². The van der Waals surface area contributed by atoms with Crippen molar-refractivity contribution in [1.29, 1.82) is 0 Å². The van der Waals surface area contributed by atoms with E-state index in [1.54, 1.807) is 4.68 Å². The lowest BCUT2D eigenvalue weighted by Crippen LogP contribution is -2.34. The molecule has 1 aliphatic rings. The van der Waals surface area contributed by atoms with Crippen molar-refractivity contribution in [3.05, 3.63) is 11.9 Å². The highest BCUT2D eigenvalue weighted by Crippen LogP contribution is 2.13. The zero-order valence-corrected chi connectivity index (χ0v) is 11.2. The van der Waals surface area contributed by atoms with Crippen LogP contribution in [0.5, 0.6) is 0 Å². The fourth-order valence-electron chi connectivity index (χ4n) is 2.20. The summed E-state index contributed by atoms with van der Waals surface area (Å²) >= 11 is 0. The largest absolute Gasteiger partial charge is 0.476 e. The minimum absolute atomic E-state index is 0.0119. The summed E-state index contributed by atoms with van der Waals surface area (Å²) in [5.74, 6) is -1.04. The lowest BCUT2D eigenvalue weighted by atomic mass is 10.2. The highest BCUT2D eigenvalue weighted by Gasteiger charge is 2.18. The molecule has 7 nitrogen and oxygen atoms in total. The third-order valence-corrected chi connectivity index (χ3v) is 3.34. The van der Waals surface area contributed by atoms with E-state index in [2.05, 4.69) is 22.1 Å². The number of hydrogen-bond acceptors (Lipinski definition) is 5. The molecular weight excluding hydrogens is 248 g/mol. The van der Waals surface area contributed by atoms with Crippen molar-refractivity contribution in [2.24, 2.45) is 0 Å². The monoisotopic (exact) mass is 268 g/mol. The van der Waals surface area contributed by atoms with Crippen LogP contribution in [-0.4, -0.2) is 63.3 Å². The van der Waals surface area contributed by atoms with Crippen LogP contribution >= 0.6 is 0 Å². The number of aromatic carboxylic acids is 1. The summed E-state index contributed by atoms with van der Waals surface area (Å²) in [7, 11) is 0.